The molecule has 0 fully saturated rings. The molecule has 2 aromatic carbocycles. The first-order valence-electron chi connectivity index (χ1n) is 7.38. The Morgan fingerprint density at radius 3 is 2.68 bits per heavy atom. The first-order chi connectivity index (χ1) is 10.6. The lowest BCUT2D eigenvalue weighted by Gasteiger charge is -2.38. The first-order valence-corrected chi connectivity index (χ1v) is 7.38. The molecular weight excluding hydrogens is 274 g/mol. The van der Waals surface area contributed by atoms with Gasteiger partial charge in [-0.1, -0.05) is 36.4 Å². The zero-order valence-corrected chi connectivity index (χ0v) is 12.8. The fourth-order valence-electron chi connectivity index (χ4n) is 3.22. The van der Waals surface area contributed by atoms with Gasteiger partial charge in [-0.05, 0) is 42.2 Å². The van der Waals surface area contributed by atoms with Crippen LogP contribution in [0.25, 0.3) is 0 Å². The summed E-state index contributed by atoms with van der Waals surface area (Å²) in [6.45, 7) is 2.13. The molecule has 112 valence electrons. The molecule has 0 aliphatic carbocycles. The van der Waals surface area contributed by atoms with Gasteiger partial charge in [-0.2, -0.15) is 0 Å². The fourth-order valence-corrected chi connectivity index (χ4v) is 3.22. The Hall–Kier alpha value is -2.51. The number of hydrogen-bond acceptors (Lipinski definition) is 3. The minimum Gasteiger partial charge on any atom is -0.497 e. The van der Waals surface area contributed by atoms with E-state index < -0.39 is 0 Å². The van der Waals surface area contributed by atoms with Crippen LogP contribution in [0.1, 0.15) is 23.6 Å². The van der Waals surface area contributed by atoms with E-state index in [2.05, 4.69) is 30.4 Å². The molecule has 0 bridgehead atoms. The van der Waals surface area contributed by atoms with Gasteiger partial charge in [0.25, 0.3) is 0 Å². The Labute approximate surface area is 130 Å². The average molecular weight is 293 g/mol. The summed E-state index contributed by atoms with van der Waals surface area (Å²) in [6, 6.07) is 16.4. The number of methoxy groups -OCH3 is 1. The van der Waals surface area contributed by atoms with E-state index in [1.54, 1.807) is 7.11 Å². The minimum absolute atomic E-state index is 0.325. The van der Waals surface area contributed by atoms with Crippen LogP contribution in [-0.2, 0) is 23.2 Å². The monoisotopic (exact) mass is 293 g/mol. The molecule has 0 spiro atoms. The van der Waals surface area contributed by atoms with Gasteiger partial charge in [-0.25, -0.2) is 4.79 Å². The number of ether oxygens (including phenoxy) is 1. The highest BCUT2D eigenvalue weighted by atomic mass is 16.5. The van der Waals surface area contributed by atoms with E-state index >= 15 is 0 Å². The molecule has 1 heterocycles. The summed E-state index contributed by atoms with van der Waals surface area (Å²) in [6.07, 6.45) is 1.37. The van der Waals surface area contributed by atoms with Crippen molar-refractivity contribution in [2.24, 2.45) is 0 Å². The van der Waals surface area contributed by atoms with E-state index in [4.69, 9.17) is 4.74 Å². The van der Waals surface area contributed by atoms with Crippen LogP contribution in [0.15, 0.2) is 54.2 Å². The van der Waals surface area contributed by atoms with Crippen molar-refractivity contribution in [2.45, 2.75) is 25.3 Å². The number of benzene rings is 2. The van der Waals surface area contributed by atoms with Crippen LogP contribution < -0.4 is 10.1 Å². The van der Waals surface area contributed by atoms with Crippen molar-refractivity contribution >= 4 is 5.94 Å². The standard InChI is InChI=1S/C19H19NO2/c1-19(12-14-6-4-3-5-7-14)18-9-8-17(22-2)11-15(18)10-16(13-21)20-19/h3-9,11,20H,10,12H2,1-2H3. The molecule has 1 N–H and O–H groups in total. The third kappa shape index (κ3) is 2.63. The second kappa shape index (κ2) is 5.70. The van der Waals surface area contributed by atoms with Gasteiger partial charge in [-0.15, -0.1) is 0 Å². The second-order valence-electron chi connectivity index (χ2n) is 5.90. The Balaban J connectivity index is 2.06. The lowest BCUT2D eigenvalue weighted by Crippen LogP contribution is -2.45. The molecule has 1 aliphatic heterocycles. The molecule has 3 heteroatoms. The minimum atomic E-state index is -0.325. The summed E-state index contributed by atoms with van der Waals surface area (Å²) in [4.78, 5) is 11.2. The van der Waals surface area contributed by atoms with Gasteiger partial charge < -0.3 is 10.1 Å². The van der Waals surface area contributed by atoms with Crippen LogP contribution in [0.4, 0.5) is 0 Å². The normalized spacial score (nSPS) is 19.8. The molecule has 3 nitrogen and oxygen atoms in total. The van der Waals surface area contributed by atoms with E-state index in [-0.39, 0.29) is 5.54 Å². The van der Waals surface area contributed by atoms with Gasteiger partial charge in [0.15, 0.2) is 0 Å². The van der Waals surface area contributed by atoms with Crippen molar-refractivity contribution in [2.75, 3.05) is 7.11 Å². The van der Waals surface area contributed by atoms with Crippen LogP contribution in [-0.4, -0.2) is 13.1 Å². The summed E-state index contributed by atoms with van der Waals surface area (Å²) in [5.74, 6) is 2.85. The zero-order chi connectivity index (χ0) is 15.6. The zero-order valence-electron chi connectivity index (χ0n) is 12.8. The Morgan fingerprint density at radius 2 is 2.00 bits per heavy atom. The van der Waals surface area contributed by atoms with Crippen molar-refractivity contribution in [3.05, 3.63) is 70.9 Å². The van der Waals surface area contributed by atoms with Crippen molar-refractivity contribution in [1.29, 1.82) is 0 Å². The molecule has 3 rings (SSSR count). The van der Waals surface area contributed by atoms with E-state index in [0.29, 0.717) is 12.1 Å². The molecule has 1 atom stereocenters. The molecule has 2 aromatic rings. The predicted molar refractivity (Wildman–Crippen MR) is 86.5 cm³/mol. The first kappa shape index (κ1) is 14.4. The van der Waals surface area contributed by atoms with Crippen molar-refractivity contribution < 1.29 is 9.53 Å². The van der Waals surface area contributed by atoms with Crippen LogP contribution in [0.2, 0.25) is 0 Å². The fraction of sp³-hybridized carbons (Fsp3) is 0.263. The molecule has 1 aliphatic rings. The summed E-state index contributed by atoms with van der Waals surface area (Å²) in [5.41, 5.74) is 3.82. The molecule has 0 aromatic heterocycles. The highest BCUT2D eigenvalue weighted by Crippen LogP contribution is 2.35. The quantitative estimate of drug-likeness (QED) is 0.884. The summed E-state index contributed by atoms with van der Waals surface area (Å²) in [5, 5.41) is 3.37. The van der Waals surface area contributed by atoms with Crippen molar-refractivity contribution in [3.8, 4) is 5.75 Å². The Kier molecular flexibility index (Phi) is 3.74. The van der Waals surface area contributed by atoms with Crippen molar-refractivity contribution in [3.63, 3.8) is 0 Å². The molecule has 0 saturated carbocycles. The highest BCUT2D eigenvalue weighted by molar-refractivity contribution is 5.57. The largest absolute Gasteiger partial charge is 0.497 e. The van der Waals surface area contributed by atoms with E-state index in [0.717, 1.165) is 17.7 Å². The second-order valence-corrected chi connectivity index (χ2v) is 5.90. The molecule has 0 radical (unpaired) electrons. The van der Waals surface area contributed by atoms with Crippen molar-refractivity contribution in [1.82, 2.24) is 5.32 Å². The maximum Gasteiger partial charge on any atom is 0.145 e. The number of rotatable bonds is 3. The number of allylic oxidation sites excluding steroid dienone is 1. The van der Waals surface area contributed by atoms with E-state index in [1.807, 2.05) is 36.3 Å². The Bertz CT molecular complexity index is 732. The maximum absolute atomic E-state index is 11.2. The Morgan fingerprint density at radius 1 is 1.23 bits per heavy atom. The molecule has 0 amide bonds. The highest BCUT2D eigenvalue weighted by Gasteiger charge is 2.34. The van der Waals surface area contributed by atoms with Crippen LogP contribution in [0, 0.1) is 0 Å². The lowest BCUT2D eigenvalue weighted by molar-refractivity contribution is 0.375. The predicted octanol–water partition coefficient (Wildman–Crippen LogP) is 3.01. The van der Waals surface area contributed by atoms with Gasteiger partial charge in [-0.3, -0.25) is 0 Å². The van der Waals surface area contributed by atoms with Gasteiger partial charge in [0, 0.05) is 6.42 Å². The van der Waals surface area contributed by atoms with Gasteiger partial charge in [0.2, 0.25) is 0 Å². The van der Waals surface area contributed by atoms with Crippen LogP contribution >= 0.6 is 0 Å². The average Bonchev–Trinajstić information content (AvgIpc) is 2.54. The topological polar surface area (TPSA) is 38.3 Å². The maximum atomic E-state index is 11.2. The summed E-state index contributed by atoms with van der Waals surface area (Å²) < 4.78 is 5.31. The molecule has 0 saturated heterocycles. The van der Waals surface area contributed by atoms with Crippen LogP contribution in [0.5, 0.6) is 5.75 Å². The number of carbonyl (C=O) groups excluding carboxylic acids is 1. The smallest absolute Gasteiger partial charge is 0.145 e. The van der Waals surface area contributed by atoms with Crippen LogP contribution in [0.3, 0.4) is 0 Å². The van der Waals surface area contributed by atoms with Gasteiger partial charge in [0.1, 0.15) is 17.4 Å². The number of fused-ring (bicyclic) bond motifs is 1. The molecular formula is C19H19NO2. The van der Waals surface area contributed by atoms with Gasteiger partial charge >= 0.3 is 0 Å². The number of nitrogens with one attached hydrogen (secondary N) is 1. The SMILES string of the molecule is COc1ccc2c(c1)CC(=C=O)NC2(C)Cc1ccccc1. The van der Waals surface area contributed by atoms with E-state index in [1.165, 1.54) is 11.1 Å². The summed E-state index contributed by atoms with van der Waals surface area (Å²) in [7, 11) is 1.66. The lowest BCUT2D eigenvalue weighted by atomic mass is 9.79. The van der Waals surface area contributed by atoms with E-state index in [9.17, 15) is 4.79 Å². The molecule has 22 heavy (non-hydrogen) atoms. The number of hydrogen-bond donors (Lipinski definition) is 1. The molecule has 1 unspecified atom stereocenters. The third-order valence-electron chi connectivity index (χ3n) is 4.22. The third-order valence-corrected chi connectivity index (χ3v) is 4.22. The van der Waals surface area contributed by atoms with Gasteiger partial charge in [0.05, 0.1) is 12.6 Å². The summed E-state index contributed by atoms with van der Waals surface area (Å²) >= 11 is 0.